The molecule has 0 unspecified atom stereocenters. The maximum atomic E-state index is 13.1. The lowest BCUT2D eigenvalue weighted by Gasteiger charge is -2.26. The molecule has 0 atom stereocenters. The molecule has 190 valence electrons. The Labute approximate surface area is 226 Å². The van der Waals surface area contributed by atoms with Crippen LogP contribution in [-0.2, 0) is 9.59 Å². The fourth-order valence-electron chi connectivity index (χ4n) is 3.50. The number of carbonyl (C=O) groups is 3. The number of urea groups is 1. The maximum absolute atomic E-state index is 13.1. The Morgan fingerprint density at radius 1 is 0.919 bits per heavy atom. The van der Waals surface area contributed by atoms with E-state index in [1.807, 2.05) is 0 Å². The van der Waals surface area contributed by atoms with E-state index in [0.717, 1.165) is 15.1 Å². The predicted octanol–water partition coefficient (Wildman–Crippen LogP) is 5.63. The minimum absolute atomic E-state index is 0.183. The molecule has 3 aromatic carbocycles. The molecule has 0 radical (unpaired) electrons. The second-order valence-electron chi connectivity index (χ2n) is 7.85. The fraction of sp³-hybridized carbons (Fsp3) is 0.148. The molecule has 4 amide bonds. The van der Waals surface area contributed by atoms with Crippen LogP contribution in [0.4, 0.5) is 10.5 Å². The first kappa shape index (κ1) is 26.2. The van der Waals surface area contributed by atoms with E-state index in [-0.39, 0.29) is 5.57 Å². The van der Waals surface area contributed by atoms with Crippen molar-refractivity contribution >= 4 is 57.1 Å². The van der Waals surface area contributed by atoms with E-state index in [9.17, 15) is 14.4 Å². The number of hydrogen-bond donors (Lipinski definition) is 1. The van der Waals surface area contributed by atoms with Crippen LogP contribution < -0.4 is 24.4 Å². The molecule has 1 heterocycles. The highest BCUT2D eigenvalue weighted by atomic mass is 79.9. The molecule has 1 aliphatic heterocycles. The Morgan fingerprint density at radius 2 is 1.62 bits per heavy atom. The smallest absolute Gasteiger partial charge is 0.335 e. The van der Waals surface area contributed by atoms with Crippen LogP contribution in [0.5, 0.6) is 17.2 Å². The summed E-state index contributed by atoms with van der Waals surface area (Å²) in [4.78, 5) is 38.8. The lowest BCUT2D eigenvalue weighted by molar-refractivity contribution is -0.122. The first-order chi connectivity index (χ1) is 17.9. The lowest BCUT2D eigenvalue weighted by Crippen LogP contribution is -2.54. The van der Waals surface area contributed by atoms with E-state index in [1.54, 1.807) is 66.7 Å². The molecule has 10 heteroatoms. The molecule has 4 rings (SSSR count). The fourth-order valence-corrected chi connectivity index (χ4v) is 3.89. The average molecular weight is 586 g/mol. The molecule has 0 spiro atoms. The molecule has 3 aromatic rings. The molecule has 1 N–H and O–H groups in total. The second-order valence-corrected chi connectivity index (χ2v) is 9.20. The molecule has 8 nitrogen and oxygen atoms in total. The summed E-state index contributed by atoms with van der Waals surface area (Å²) >= 11 is 9.19. The summed E-state index contributed by atoms with van der Waals surface area (Å²) in [6.45, 7) is 0.842. The van der Waals surface area contributed by atoms with Crippen LogP contribution in [0.2, 0.25) is 5.02 Å². The van der Waals surface area contributed by atoms with Crippen molar-refractivity contribution in [2.24, 2.45) is 0 Å². The standard InChI is InChI=1S/C27H22BrClN2O6/c1-35-24-16-17(3-12-23(24)37-14-2-13-36-21-10-6-19(29)7-11-21)15-22-25(32)30-27(34)31(26(22)33)20-8-4-18(28)5-9-20/h3-12,15-16H,2,13-14H2,1H3,(H,30,32,34)/b22-15+. The number of carbonyl (C=O) groups excluding carboxylic acids is 3. The SMILES string of the molecule is COc1cc(/C=C2\C(=O)NC(=O)N(c3ccc(Br)cc3)C2=O)ccc1OCCCOc1ccc(Cl)cc1. The van der Waals surface area contributed by atoms with Crippen molar-refractivity contribution in [3.05, 3.63) is 87.4 Å². The van der Waals surface area contributed by atoms with Gasteiger partial charge in [-0.15, -0.1) is 0 Å². The molecule has 0 aliphatic carbocycles. The van der Waals surface area contributed by atoms with Crippen molar-refractivity contribution in [1.29, 1.82) is 0 Å². The highest BCUT2D eigenvalue weighted by Crippen LogP contribution is 2.30. The summed E-state index contributed by atoms with van der Waals surface area (Å²) in [6.07, 6.45) is 2.04. The van der Waals surface area contributed by atoms with Crippen molar-refractivity contribution in [3.8, 4) is 17.2 Å². The highest BCUT2D eigenvalue weighted by Gasteiger charge is 2.36. The van der Waals surface area contributed by atoms with Gasteiger partial charge in [-0.2, -0.15) is 0 Å². The Hall–Kier alpha value is -3.82. The number of anilines is 1. The molecule has 0 saturated carbocycles. The van der Waals surface area contributed by atoms with Gasteiger partial charge in [-0.3, -0.25) is 14.9 Å². The van der Waals surface area contributed by atoms with Gasteiger partial charge in [-0.25, -0.2) is 9.69 Å². The number of amides is 4. The monoisotopic (exact) mass is 584 g/mol. The number of halogens is 2. The topological polar surface area (TPSA) is 94.2 Å². The van der Waals surface area contributed by atoms with Crippen molar-refractivity contribution in [1.82, 2.24) is 5.32 Å². The summed E-state index contributed by atoms with van der Waals surface area (Å²) in [7, 11) is 1.50. The second kappa shape index (κ2) is 11.9. The van der Waals surface area contributed by atoms with Gasteiger partial charge in [0.05, 0.1) is 26.0 Å². The van der Waals surface area contributed by atoms with E-state index < -0.39 is 17.8 Å². The normalized spacial score (nSPS) is 14.5. The van der Waals surface area contributed by atoms with Crippen molar-refractivity contribution in [2.45, 2.75) is 6.42 Å². The van der Waals surface area contributed by atoms with Gasteiger partial charge in [-0.05, 0) is 72.3 Å². The Bertz CT molecular complexity index is 1340. The van der Waals surface area contributed by atoms with Crippen LogP contribution in [0, 0.1) is 0 Å². The Morgan fingerprint density at radius 3 is 2.32 bits per heavy atom. The maximum Gasteiger partial charge on any atom is 0.335 e. The summed E-state index contributed by atoms with van der Waals surface area (Å²) < 4.78 is 17.7. The molecule has 1 aliphatic rings. The number of hydrogen-bond acceptors (Lipinski definition) is 6. The summed E-state index contributed by atoms with van der Waals surface area (Å²) in [5, 5.41) is 2.85. The summed E-state index contributed by atoms with van der Waals surface area (Å²) in [5.74, 6) is 0.153. The molecular formula is C27H22BrClN2O6. The van der Waals surface area contributed by atoms with Crippen LogP contribution in [0.15, 0.2) is 76.8 Å². The van der Waals surface area contributed by atoms with Crippen LogP contribution >= 0.6 is 27.5 Å². The number of barbiturate groups is 1. The first-order valence-corrected chi connectivity index (χ1v) is 12.4. The number of nitrogens with zero attached hydrogens (tertiary/aromatic N) is 1. The van der Waals surface area contributed by atoms with E-state index in [2.05, 4.69) is 21.2 Å². The van der Waals surface area contributed by atoms with Gasteiger partial charge in [0.2, 0.25) is 0 Å². The molecule has 0 aromatic heterocycles. The largest absolute Gasteiger partial charge is 0.493 e. The van der Waals surface area contributed by atoms with Gasteiger partial charge in [-0.1, -0.05) is 33.6 Å². The average Bonchev–Trinajstić information content (AvgIpc) is 2.89. The van der Waals surface area contributed by atoms with Gasteiger partial charge < -0.3 is 14.2 Å². The van der Waals surface area contributed by atoms with Crippen LogP contribution in [0.1, 0.15) is 12.0 Å². The third kappa shape index (κ3) is 6.49. The number of nitrogens with one attached hydrogen (secondary N) is 1. The highest BCUT2D eigenvalue weighted by molar-refractivity contribution is 9.10. The molecule has 1 fully saturated rings. The van der Waals surface area contributed by atoms with Crippen LogP contribution in [0.3, 0.4) is 0 Å². The zero-order valence-electron chi connectivity index (χ0n) is 19.7. The molecule has 1 saturated heterocycles. The van der Waals surface area contributed by atoms with Gasteiger partial charge in [0.25, 0.3) is 11.8 Å². The summed E-state index contributed by atoms with van der Waals surface area (Å²) in [5.41, 5.74) is 0.682. The van der Waals surface area contributed by atoms with Crippen LogP contribution in [-0.4, -0.2) is 38.2 Å². The van der Waals surface area contributed by atoms with Crippen LogP contribution in [0.25, 0.3) is 6.08 Å². The van der Waals surface area contributed by atoms with Gasteiger partial charge >= 0.3 is 6.03 Å². The lowest BCUT2D eigenvalue weighted by atomic mass is 10.1. The summed E-state index contributed by atoms with van der Waals surface area (Å²) in [6, 6.07) is 17.9. The van der Waals surface area contributed by atoms with Crippen molar-refractivity contribution in [3.63, 3.8) is 0 Å². The number of rotatable bonds is 9. The predicted molar refractivity (Wildman–Crippen MR) is 143 cm³/mol. The van der Waals surface area contributed by atoms with Crippen molar-refractivity contribution in [2.75, 3.05) is 25.2 Å². The number of imide groups is 2. The van der Waals surface area contributed by atoms with Gasteiger partial charge in [0.15, 0.2) is 11.5 Å². The van der Waals surface area contributed by atoms with Crippen molar-refractivity contribution < 1.29 is 28.6 Å². The van der Waals surface area contributed by atoms with Gasteiger partial charge in [0.1, 0.15) is 11.3 Å². The third-order valence-corrected chi connectivity index (χ3v) is 6.09. The molecule has 37 heavy (non-hydrogen) atoms. The molecule has 0 bridgehead atoms. The number of methoxy groups -OCH3 is 1. The van der Waals surface area contributed by atoms with E-state index in [1.165, 1.54) is 13.2 Å². The minimum atomic E-state index is -0.809. The molecular weight excluding hydrogens is 564 g/mol. The zero-order valence-corrected chi connectivity index (χ0v) is 22.0. The minimum Gasteiger partial charge on any atom is -0.493 e. The quantitative estimate of drug-likeness (QED) is 0.199. The number of benzene rings is 3. The Balaban J connectivity index is 1.42. The number of ether oxygens (including phenoxy) is 3. The zero-order chi connectivity index (χ0) is 26.4. The van der Waals surface area contributed by atoms with E-state index >= 15 is 0 Å². The Kier molecular flexibility index (Phi) is 8.47. The van der Waals surface area contributed by atoms with E-state index in [4.69, 9.17) is 25.8 Å². The third-order valence-electron chi connectivity index (χ3n) is 5.31. The first-order valence-electron chi connectivity index (χ1n) is 11.2. The van der Waals surface area contributed by atoms with E-state index in [0.29, 0.717) is 47.4 Å². The van der Waals surface area contributed by atoms with Gasteiger partial charge in [0, 0.05) is 15.9 Å².